The maximum absolute atomic E-state index is 11.2. The molecule has 116 valence electrons. The minimum Gasteiger partial charge on any atom is -0.410 e. The van der Waals surface area contributed by atoms with Gasteiger partial charge in [0, 0.05) is 23.7 Å². The molecule has 7 nitrogen and oxygen atoms in total. The van der Waals surface area contributed by atoms with E-state index in [2.05, 4.69) is 25.7 Å². The van der Waals surface area contributed by atoms with Crippen LogP contribution in [0.25, 0.3) is 22.5 Å². The topological polar surface area (TPSA) is 96.2 Å². The number of nitrogens with zero attached hydrogens (tertiary/aromatic N) is 3. The Balaban J connectivity index is 1.70. The second kappa shape index (κ2) is 5.54. The number of benzene rings is 1. The van der Waals surface area contributed by atoms with Crippen LogP contribution in [0.15, 0.2) is 39.0 Å². The number of rotatable bonds is 3. The molecule has 2 N–H and O–H groups in total. The van der Waals surface area contributed by atoms with Gasteiger partial charge in [0.2, 0.25) is 5.91 Å². The molecular formula is C15H13N5O2S. The summed E-state index contributed by atoms with van der Waals surface area (Å²) < 4.78 is 5.55. The minimum absolute atomic E-state index is 0.0419. The largest absolute Gasteiger partial charge is 0.410 e. The van der Waals surface area contributed by atoms with Crippen LogP contribution in [0, 0.1) is 0 Å². The second-order valence-corrected chi connectivity index (χ2v) is 5.91. The number of aromatic nitrogens is 3. The van der Waals surface area contributed by atoms with Gasteiger partial charge in [-0.3, -0.25) is 4.79 Å². The fraction of sp³-hybridized carbons (Fsp3) is 0.200. The molecule has 2 aromatic heterocycles. The zero-order valence-corrected chi connectivity index (χ0v) is 13.1. The van der Waals surface area contributed by atoms with Crippen LogP contribution in [0.3, 0.4) is 0 Å². The highest BCUT2D eigenvalue weighted by atomic mass is 32.2. The fourth-order valence-electron chi connectivity index (χ4n) is 2.51. The number of H-pyrrole nitrogens is 1. The van der Waals surface area contributed by atoms with E-state index in [4.69, 9.17) is 4.42 Å². The summed E-state index contributed by atoms with van der Waals surface area (Å²) in [4.78, 5) is 14.5. The minimum atomic E-state index is -0.0419. The molecule has 0 atom stereocenters. The predicted octanol–water partition coefficient (Wildman–Crippen LogP) is 2.55. The highest BCUT2D eigenvalue weighted by Crippen LogP contribution is 2.26. The standard InChI is InChI=1S/C15H13N5O2S/c1-23-15-20-19-14(22-15)12-7-9-6-8(2-3-10(9)16-12)11-4-5-13(21)18-17-11/h2-3,6-7,16H,4-5H2,1H3,(H,18,21). The van der Waals surface area contributed by atoms with E-state index in [0.717, 1.165) is 27.9 Å². The molecule has 1 aliphatic heterocycles. The molecule has 23 heavy (non-hydrogen) atoms. The Morgan fingerprint density at radius 3 is 2.87 bits per heavy atom. The predicted molar refractivity (Wildman–Crippen MR) is 87.3 cm³/mol. The van der Waals surface area contributed by atoms with Gasteiger partial charge in [0.1, 0.15) is 5.69 Å². The number of carbonyl (C=O) groups is 1. The number of hydrazone groups is 1. The third kappa shape index (κ3) is 2.61. The molecule has 0 unspecified atom stereocenters. The third-order valence-electron chi connectivity index (χ3n) is 3.67. The summed E-state index contributed by atoms with van der Waals surface area (Å²) in [5, 5.41) is 13.7. The highest BCUT2D eigenvalue weighted by molar-refractivity contribution is 7.98. The van der Waals surface area contributed by atoms with Gasteiger partial charge in [-0.25, -0.2) is 5.43 Å². The second-order valence-electron chi connectivity index (χ2n) is 5.16. The summed E-state index contributed by atoms with van der Waals surface area (Å²) in [7, 11) is 0. The van der Waals surface area contributed by atoms with Crippen LogP contribution < -0.4 is 5.43 Å². The maximum Gasteiger partial charge on any atom is 0.276 e. The average molecular weight is 327 g/mol. The molecule has 0 aliphatic carbocycles. The van der Waals surface area contributed by atoms with E-state index in [1.54, 1.807) is 0 Å². The van der Waals surface area contributed by atoms with Crippen molar-refractivity contribution in [2.24, 2.45) is 5.10 Å². The molecule has 8 heteroatoms. The van der Waals surface area contributed by atoms with E-state index < -0.39 is 0 Å². The fourth-order valence-corrected chi connectivity index (χ4v) is 2.80. The molecule has 0 saturated heterocycles. The lowest BCUT2D eigenvalue weighted by Crippen LogP contribution is -2.25. The van der Waals surface area contributed by atoms with Crippen molar-refractivity contribution in [1.29, 1.82) is 0 Å². The van der Waals surface area contributed by atoms with Crippen molar-refractivity contribution in [1.82, 2.24) is 20.6 Å². The molecule has 0 bridgehead atoms. The summed E-state index contributed by atoms with van der Waals surface area (Å²) >= 11 is 1.41. The van der Waals surface area contributed by atoms with Gasteiger partial charge >= 0.3 is 0 Å². The van der Waals surface area contributed by atoms with Crippen LogP contribution in [-0.4, -0.2) is 33.1 Å². The summed E-state index contributed by atoms with van der Waals surface area (Å²) in [5.41, 5.74) is 6.17. The summed E-state index contributed by atoms with van der Waals surface area (Å²) in [6, 6.07) is 7.98. The zero-order chi connectivity index (χ0) is 15.8. The molecule has 4 rings (SSSR count). The van der Waals surface area contributed by atoms with E-state index in [1.165, 1.54) is 11.8 Å². The Morgan fingerprint density at radius 2 is 2.13 bits per heavy atom. The number of amides is 1. The molecule has 1 amide bonds. The van der Waals surface area contributed by atoms with Crippen LogP contribution >= 0.6 is 11.8 Å². The van der Waals surface area contributed by atoms with Gasteiger partial charge in [-0.2, -0.15) is 5.10 Å². The molecule has 0 fully saturated rings. The lowest BCUT2D eigenvalue weighted by molar-refractivity contribution is -0.121. The molecule has 3 aromatic rings. The van der Waals surface area contributed by atoms with Crippen LogP contribution in [0.4, 0.5) is 0 Å². The van der Waals surface area contributed by atoms with E-state index in [9.17, 15) is 4.79 Å². The van der Waals surface area contributed by atoms with Gasteiger partial charge in [0.05, 0.1) is 5.71 Å². The van der Waals surface area contributed by atoms with Crippen LogP contribution in [0.5, 0.6) is 0 Å². The molecule has 0 radical (unpaired) electrons. The summed E-state index contributed by atoms with van der Waals surface area (Å²) in [5.74, 6) is 0.425. The monoisotopic (exact) mass is 327 g/mol. The number of nitrogens with one attached hydrogen (secondary N) is 2. The molecule has 0 spiro atoms. The Morgan fingerprint density at radius 1 is 1.22 bits per heavy atom. The van der Waals surface area contributed by atoms with Crippen molar-refractivity contribution in [2.45, 2.75) is 18.1 Å². The molecule has 0 saturated carbocycles. The number of fused-ring (bicyclic) bond motifs is 1. The van der Waals surface area contributed by atoms with Gasteiger partial charge in [0.25, 0.3) is 11.1 Å². The third-order valence-corrected chi connectivity index (χ3v) is 4.18. The van der Waals surface area contributed by atoms with E-state index >= 15 is 0 Å². The smallest absolute Gasteiger partial charge is 0.276 e. The van der Waals surface area contributed by atoms with E-state index in [0.29, 0.717) is 24.0 Å². The van der Waals surface area contributed by atoms with Gasteiger partial charge in [0.15, 0.2) is 0 Å². The first-order valence-electron chi connectivity index (χ1n) is 7.09. The Labute approximate surface area is 135 Å². The normalized spacial score (nSPS) is 14.8. The lowest BCUT2D eigenvalue weighted by atomic mass is 10.0. The number of thioether (sulfide) groups is 1. The molecule has 3 heterocycles. The number of carbonyl (C=O) groups excluding carboxylic acids is 1. The van der Waals surface area contributed by atoms with Gasteiger partial charge in [-0.15, -0.1) is 10.2 Å². The van der Waals surface area contributed by atoms with Gasteiger partial charge in [-0.05, 0) is 30.0 Å². The Hall–Kier alpha value is -2.61. The van der Waals surface area contributed by atoms with Crippen molar-refractivity contribution >= 4 is 34.3 Å². The molecular weight excluding hydrogens is 314 g/mol. The van der Waals surface area contributed by atoms with Crippen molar-refractivity contribution in [2.75, 3.05) is 6.26 Å². The number of hydrogen-bond donors (Lipinski definition) is 2. The van der Waals surface area contributed by atoms with Crippen LogP contribution in [0.1, 0.15) is 18.4 Å². The van der Waals surface area contributed by atoms with Crippen molar-refractivity contribution in [3.63, 3.8) is 0 Å². The molecule has 1 aromatic carbocycles. The van der Waals surface area contributed by atoms with Crippen molar-refractivity contribution < 1.29 is 9.21 Å². The van der Waals surface area contributed by atoms with E-state index in [1.807, 2.05) is 30.5 Å². The molecule has 1 aliphatic rings. The van der Waals surface area contributed by atoms with Crippen molar-refractivity contribution in [3.05, 3.63) is 29.8 Å². The maximum atomic E-state index is 11.2. The van der Waals surface area contributed by atoms with Gasteiger partial charge in [-0.1, -0.05) is 17.8 Å². The zero-order valence-electron chi connectivity index (χ0n) is 12.3. The first-order chi connectivity index (χ1) is 11.2. The first-order valence-corrected chi connectivity index (χ1v) is 8.32. The van der Waals surface area contributed by atoms with Crippen LogP contribution in [-0.2, 0) is 4.79 Å². The quantitative estimate of drug-likeness (QED) is 0.721. The van der Waals surface area contributed by atoms with E-state index in [-0.39, 0.29) is 5.91 Å². The SMILES string of the molecule is CSc1nnc(-c2cc3cc(C4=NNC(=O)CC4)ccc3[nH]2)o1. The van der Waals surface area contributed by atoms with Crippen LogP contribution in [0.2, 0.25) is 0 Å². The first kappa shape index (κ1) is 14.0. The average Bonchev–Trinajstić information content (AvgIpc) is 3.21. The summed E-state index contributed by atoms with van der Waals surface area (Å²) in [6.45, 7) is 0. The van der Waals surface area contributed by atoms with Crippen molar-refractivity contribution in [3.8, 4) is 11.6 Å². The number of hydrogen-bond acceptors (Lipinski definition) is 6. The number of aromatic amines is 1. The Kier molecular flexibility index (Phi) is 3.38. The van der Waals surface area contributed by atoms with Gasteiger partial charge < -0.3 is 9.40 Å². The lowest BCUT2D eigenvalue weighted by Gasteiger charge is -2.11. The highest BCUT2D eigenvalue weighted by Gasteiger charge is 2.15. The Bertz CT molecular complexity index is 927. The summed E-state index contributed by atoms with van der Waals surface area (Å²) in [6.07, 6.45) is 3.00.